The molecule has 1 aromatic carbocycles. The highest BCUT2D eigenvalue weighted by atomic mass is 16.4. The summed E-state index contributed by atoms with van der Waals surface area (Å²) in [6.45, 7) is 4.08. The van der Waals surface area contributed by atoms with Crippen molar-refractivity contribution in [3.63, 3.8) is 0 Å². The quantitative estimate of drug-likeness (QED) is 0.866. The van der Waals surface area contributed by atoms with Gasteiger partial charge in [-0.25, -0.2) is 9.48 Å². The lowest BCUT2D eigenvalue weighted by atomic mass is 10.0. The molecule has 2 N–H and O–H groups in total. The van der Waals surface area contributed by atoms with E-state index in [4.69, 9.17) is 5.11 Å². The molecule has 0 saturated heterocycles. The van der Waals surface area contributed by atoms with Crippen LogP contribution >= 0.6 is 0 Å². The van der Waals surface area contributed by atoms with Crippen LogP contribution in [0.5, 0.6) is 0 Å². The fourth-order valence-electron chi connectivity index (χ4n) is 1.96. The molecule has 2 aromatic rings. The first-order chi connectivity index (χ1) is 8.97. The van der Waals surface area contributed by atoms with Gasteiger partial charge in [0.15, 0.2) is 5.69 Å². The largest absolute Gasteiger partial charge is 0.476 e. The maximum absolute atomic E-state index is 10.7. The smallest absolute Gasteiger partial charge is 0.358 e. The summed E-state index contributed by atoms with van der Waals surface area (Å²) in [4.78, 5) is 10.7. The molecule has 1 unspecified atom stereocenters. The van der Waals surface area contributed by atoms with Crippen LogP contribution in [0.3, 0.4) is 0 Å². The molecule has 0 radical (unpaired) electrons. The number of carboxylic acid groups (broad SMARTS) is 1. The zero-order valence-corrected chi connectivity index (χ0v) is 10.7. The number of rotatable bonds is 4. The van der Waals surface area contributed by atoms with Crippen molar-refractivity contribution in [3.8, 4) is 0 Å². The summed E-state index contributed by atoms with van der Waals surface area (Å²) in [7, 11) is 0. The summed E-state index contributed by atoms with van der Waals surface area (Å²) >= 11 is 0. The minimum atomic E-state index is -1.13. The fourth-order valence-corrected chi connectivity index (χ4v) is 1.96. The first-order valence-electron chi connectivity index (χ1n) is 5.86. The van der Waals surface area contributed by atoms with E-state index in [-0.39, 0.29) is 12.2 Å². The van der Waals surface area contributed by atoms with E-state index >= 15 is 0 Å². The van der Waals surface area contributed by atoms with Crippen molar-refractivity contribution < 1.29 is 15.0 Å². The maximum Gasteiger partial charge on any atom is 0.358 e. The lowest BCUT2D eigenvalue weighted by molar-refractivity contribution is 0.0690. The molecule has 0 bridgehead atoms. The molecule has 6 nitrogen and oxygen atoms in total. The summed E-state index contributed by atoms with van der Waals surface area (Å²) in [6.07, 6.45) is 0.554. The summed E-state index contributed by atoms with van der Waals surface area (Å²) in [5.74, 6) is -1.13. The van der Waals surface area contributed by atoms with Gasteiger partial charge in [0.2, 0.25) is 0 Å². The molecule has 0 spiro atoms. The van der Waals surface area contributed by atoms with Gasteiger partial charge in [0.25, 0.3) is 0 Å². The molecule has 6 heteroatoms. The lowest BCUT2D eigenvalue weighted by Crippen LogP contribution is -2.10. The third-order valence-electron chi connectivity index (χ3n) is 2.90. The van der Waals surface area contributed by atoms with E-state index in [1.165, 1.54) is 10.9 Å². The predicted molar refractivity (Wildman–Crippen MR) is 67.9 cm³/mol. The molecule has 100 valence electrons. The van der Waals surface area contributed by atoms with E-state index < -0.39 is 12.1 Å². The van der Waals surface area contributed by atoms with Crippen LogP contribution in [0.25, 0.3) is 0 Å². The van der Waals surface area contributed by atoms with Gasteiger partial charge in [-0.1, -0.05) is 29.0 Å². The minimum Gasteiger partial charge on any atom is -0.476 e. The van der Waals surface area contributed by atoms with Gasteiger partial charge >= 0.3 is 5.97 Å². The number of carboxylic acids is 1. The van der Waals surface area contributed by atoms with Crippen LogP contribution in [0.15, 0.2) is 24.4 Å². The maximum atomic E-state index is 10.7. The average Bonchev–Trinajstić information content (AvgIpc) is 2.77. The van der Waals surface area contributed by atoms with Crippen molar-refractivity contribution in [2.75, 3.05) is 0 Å². The van der Waals surface area contributed by atoms with Gasteiger partial charge in [0, 0.05) is 0 Å². The second-order valence-corrected chi connectivity index (χ2v) is 4.51. The van der Waals surface area contributed by atoms with Crippen molar-refractivity contribution >= 4 is 5.97 Å². The molecular weight excluding hydrogens is 246 g/mol. The number of hydrogen-bond donors (Lipinski definition) is 2. The molecule has 0 amide bonds. The van der Waals surface area contributed by atoms with Crippen molar-refractivity contribution in [2.24, 2.45) is 0 Å². The van der Waals surface area contributed by atoms with E-state index in [2.05, 4.69) is 10.3 Å². The van der Waals surface area contributed by atoms with Gasteiger partial charge in [0.1, 0.15) is 0 Å². The Morgan fingerprint density at radius 1 is 1.42 bits per heavy atom. The SMILES string of the molecule is Cc1ccc(C(O)Cn2cc(C(=O)O)nn2)c(C)c1. The second-order valence-electron chi connectivity index (χ2n) is 4.51. The summed E-state index contributed by atoms with van der Waals surface area (Å²) in [6, 6.07) is 5.78. The Bertz CT molecular complexity index is 607. The highest BCUT2D eigenvalue weighted by molar-refractivity contribution is 5.84. The number of aromatic nitrogens is 3. The van der Waals surface area contributed by atoms with Gasteiger partial charge < -0.3 is 10.2 Å². The number of hydrogen-bond acceptors (Lipinski definition) is 4. The number of nitrogens with zero attached hydrogens (tertiary/aromatic N) is 3. The number of aliphatic hydroxyl groups excluding tert-OH is 1. The van der Waals surface area contributed by atoms with Gasteiger partial charge in [-0.05, 0) is 25.0 Å². The standard InChI is InChI=1S/C13H15N3O3/c1-8-3-4-10(9(2)5-8)12(17)7-16-6-11(13(18)19)14-15-16/h3-6,12,17H,7H2,1-2H3,(H,18,19). The van der Waals surface area contributed by atoms with Crippen molar-refractivity contribution in [1.29, 1.82) is 0 Å². The van der Waals surface area contributed by atoms with Gasteiger partial charge in [-0.3, -0.25) is 0 Å². The van der Waals surface area contributed by atoms with Crippen LogP contribution in [0, 0.1) is 13.8 Å². The Kier molecular flexibility index (Phi) is 3.62. The Labute approximate surface area is 110 Å². The fraction of sp³-hybridized carbons (Fsp3) is 0.308. The number of benzene rings is 1. The Balaban J connectivity index is 2.15. The van der Waals surface area contributed by atoms with Gasteiger partial charge in [-0.15, -0.1) is 5.10 Å². The third kappa shape index (κ3) is 2.97. The third-order valence-corrected chi connectivity index (χ3v) is 2.90. The van der Waals surface area contributed by atoms with E-state index in [0.29, 0.717) is 0 Å². The summed E-state index contributed by atoms with van der Waals surface area (Å²) in [5, 5.41) is 26.1. The minimum absolute atomic E-state index is 0.132. The first kappa shape index (κ1) is 13.2. The normalized spacial score (nSPS) is 12.4. The van der Waals surface area contributed by atoms with Crippen LogP contribution in [0.2, 0.25) is 0 Å². The highest BCUT2D eigenvalue weighted by Crippen LogP contribution is 2.20. The van der Waals surface area contributed by atoms with E-state index in [1.54, 1.807) is 0 Å². The molecular formula is C13H15N3O3. The number of carbonyl (C=O) groups is 1. The number of aryl methyl sites for hydroxylation is 2. The topological polar surface area (TPSA) is 88.2 Å². The summed E-state index contributed by atoms with van der Waals surface area (Å²) in [5.41, 5.74) is 2.79. The zero-order valence-electron chi connectivity index (χ0n) is 10.7. The molecule has 0 saturated carbocycles. The van der Waals surface area contributed by atoms with Crippen LogP contribution in [0.1, 0.15) is 33.3 Å². The van der Waals surface area contributed by atoms with Crippen LogP contribution < -0.4 is 0 Å². The zero-order chi connectivity index (χ0) is 14.0. The molecule has 0 fully saturated rings. The lowest BCUT2D eigenvalue weighted by Gasteiger charge is -2.13. The monoisotopic (exact) mass is 261 g/mol. The van der Waals surface area contributed by atoms with Crippen molar-refractivity contribution in [2.45, 2.75) is 26.5 Å². The molecule has 0 aliphatic carbocycles. The van der Waals surface area contributed by atoms with Crippen molar-refractivity contribution in [3.05, 3.63) is 46.8 Å². The van der Waals surface area contributed by atoms with E-state index in [0.717, 1.165) is 16.7 Å². The number of aliphatic hydroxyl groups is 1. The van der Waals surface area contributed by atoms with Crippen LogP contribution in [-0.2, 0) is 6.54 Å². The van der Waals surface area contributed by atoms with E-state index in [9.17, 15) is 9.90 Å². The Morgan fingerprint density at radius 2 is 2.16 bits per heavy atom. The molecule has 0 aliphatic heterocycles. The summed E-state index contributed by atoms with van der Waals surface area (Å²) < 4.78 is 1.33. The molecule has 0 aliphatic rings. The Morgan fingerprint density at radius 3 is 2.74 bits per heavy atom. The first-order valence-corrected chi connectivity index (χ1v) is 5.86. The van der Waals surface area contributed by atoms with Crippen molar-refractivity contribution in [1.82, 2.24) is 15.0 Å². The van der Waals surface area contributed by atoms with Crippen LogP contribution in [0.4, 0.5) is 0 Å². The molecule has 1 aromatic heterocycles. The molecule has 1 atom stereocenters. The Hall–Kier alpha value is -2.21. The highest BCUT2D eigenvalue weighted by Gasteiger charge is 2.14. The van der Waals surface area contributed by atoms with E-state index in [1.807, 2.05) is 32.0 Å². The molecule has 2 rings (SSSR count). The van der Waals surface area contributed by atoms with Gasteiger partial charge in [0.05, 0.1) is 18.8 Å². The van der Waals surface area contributed by atoms with Gasteiger partial charge in [-0.2, -0.15) is 0 Å². The molecule has 1 heterocycles. The second kappa shape index (κ2) is 5.19. The predicted octanol–water partition coefficient (Wildman–Crippen LogP) is 1.33. The van der Waals surface area contributed by atoms with Crippen LogP contribution in [-0.4, -0.2) is 31.2 Å². The molecule has 19 heavy (non-hydrogen) atoms. The number of aromatic carboxylic acids is 1. The average molecular weight is 261 g/mol.